The summed E-state index contributed by atoms with van der Waals surface area (Å²) in [5.74, 6) is 0. The van der Waals surface area contributed by atoms with Gasteiger partial charge in [0.2, 0.25) is 0 Å². The first-order valence-electron chi connectivity index (χ1n) is 3.33. The van der Waals surface area contributed by atoms with Gasteiger partial charge in [-0.25, -0.2) is 0 Å². The summed E-state index contributed by atoms with van der Waals surface area (Å²) in [6.45, 7) is 5.64. The first-order valence-corrected chi connectivity index (χ1v) is 4.47. The van der Waals surface area contributed by atoms with Crippen molar-refractivity contribution < 1.29 is 0 Å². The molecule has 0 unspecified atom stereocenters. The summed E-state index contributed by atoms with van der Waals surface area (Å²) < 4.78 is 0. The molecule has 1 rings (SSSR count). The third-order valence-corrected chi connectivity index (χ3v) is 2.79. The van der Waals surface area contributed by atoms with Crippen molar-refractivity contribution in [3.05, 3.63) is 39.3 Å². The Morgan fingerprint density at radius 3 is 2.25 bits per heavy atom. The lowest BCUT2D eigenvalue weighted by atomic mass is 10.1. The molecule has 1 aromatic rings. The summed E-state index contributed by atoms with van der Waals surface area (Å²) in [7, 11) is 0. The van der Waals surface area contributed by atoms with Crippen LogP contribution < -0.4 is 0 Å². The number of hydrogen-bond acceptors (Lipinski definition) is 0. The molecule has 0 aliphatic carbocycles. The van der Waals surface area contributed by atoms with Gasteiger partial charge in [-0.2, -0.15) is 0 Å². The average molecular weight is 222 g/mol. The molecule has 1 aromatic carbocycles. The van der Waals surface area contributed by atoms with Gasteiger partial charge in [-0.05, 0) is 24.1 Å². The summed E-state index contributed by atoms with van der Waals surface area (Å²) in [4.78, 5) is 0. The maximum atomic E-state index is 5.92. The van der Waals surface area contributed by atoms with E-state index in [2.05, 4.69) is 6.58 Å². The van der Waals surface area contributed by atoms with E-state index < -0.39 is 0 Å². The number of halogens is 3. The molecule has 0 aliphatic rings. The molecule has 0 spiro atoms. The molecule has 0 radical (unpaired) electrons. The quantitative estimate of drug-likeness (QED) is 0.604. The fraction of sp³-hybridized carbons (Fsp3) is 0.111. The first kappa shape index (κ1) is 9.91. The van der Waals surface area contributed by atoms with E-state index in [0.29, 0.717) is 15.1 Å². The van der Waals surface area contributed by atoms with Gasteiger partial charge in [0, 0.05) is 0 Å². The smallest absolute Gasteiger partial charge is 0.0784 e. The summed E-state index contributed by atoms with van der Waals surface area (Å²) in [6, 6.07) is 3.51. The average Bonchev–Trinajstić information content (AvgIpc) is 2.00. The van der Waals surface area contributed by atoms with Crippen LogP contribution in [-0.4, -0.2) is 0 Å². The third kappa shape index (κ3) is 1.77. The molecule has 0 aliphatic heterocycles. The minimum Gasteiger partial charge on any atom is -0.0955 e. The Hall–Kier alpha value is -0.170. The lowest BCUT2D eigenvalue weighted by Gasteiger charge is -2.05. The monoisotopic (exact) mass is 220 g/mol. The summed E-state index contributed by atoms with van der Waals surface area (Å²) in [6.07, 6.45) is 0. The Morgan fingerprint density at radius 2 is 1.75 bits per heavy atom. The molecule has 64 valence electrons. The third-order valence-electron chi connectivity index (χ3n) is 1.49. The van der Waals surface area contributed by atoms with Crippen molar-refractivity contribution in [2.45, 2.75) is 6.92 Å². The van der Waals surface area contributed by atoms with Gasteiger partial charge in [-0.3, -0.25) is 0 Å². The Kier molecular flexibility index (Phi) is 3.05. The number of benzene rings is 1. The van der Waals surface area contributed by atoms with Crippen LogP contribution in [0.3, 0.4) is 0 Å². The van der Waals surface area contributed by atoms with E-state index in [9.17, 15) is 0 Å². The minimum absolute atomic E-state index is 0.388. The SMILES string of the molecule is C=C(C)c1ccc(Cl)c(Cl)c1Cl. The van der Waals surface area contributed by atoms with Crippen LogP contribution >= 0.6 is 34.8 Å². The fourth-order valence-electron chi connectivity index (χ4n) is 0.856. The molecule has 0 aromatic heterocycles. The Bertz CT molecular complexity index is 329. The summed E-state index contributed by atoms with van der Waals surface area (Å²) in [5, 5.41) is 1.32. The molecule has 0 N–H and O–H groups in total. The topological polar surface area (TPSA) is 0 Å². The highest BCUT2D eigenvalue weighted by molar-refractivity contribution is 6.48. The molecule has 0 saturated carbocycles. The van der Waals surface area contributed by atoms with E-state index in [-0.39, 0.29) is 0 Å². The number of hydrogen-bond donors (Lipinski definition) is 0. The van der Waals surface area contributed by atoms with E-state index >= 15 is 0 Å². The van der Waals surface area contributed by atoms with Crippen LogP contribution in [0.4, 0.5) is 0 Å². The zero-order chi connectivity index (χ0) is 9.30. The van der Waals surface area contributed by atoms with Gasteiger partial charge >= 0.3 is 0 Å². The predicted molar refractivity (Wildman–Crippen MR) is 56.2 cm³/mol. The Labute approximate surface area is 86.7 Å². The highest BCUT2D eigenvalue weighted by Gasteiger charge is 2.08. The zero-order valence-corrected chi connectivity index (χ0v) is 8.76. The molecule has 0 saturated heterocycles. The zero-order valence-electron chi connectivity index (χ0n) is 6.50. The van der Waals surface area contributed by atoms with Gasteiger partial charge in [0.15, 0.2) is 0 Å². The van der Waals surface area contributed by atoms with E-state index in [4.69, 9.17) is 34.8 Å². The molecule has 0 fully saturated rings. The largest absolute Gasteiger partial charge is 0.0955 e. The molecular weight excluding hydrogens is 214 g/mol. The van der Waals surface area contributed by atoms with Crippen molar-refractivity contribution in [1.82, 2.24) is 0 Å². The Morgan fingerprint density at radius 1 is 1.17 bits per heavy atom. The van der Waals surface area contributed by atoms with Crippen LogP contribution in [-0.2, 0) is 0 Å². The van der Waals surface area contributed by atoms with Crippen molar-refractivity contribution in [3.63, 3.8) is 0 Å². The van der Waals surface area contributed by atoms with Crippen LogP contribution in [0.25, 0.3) is 5.57 Å². The first-order chi connectivity index (χ1) is 5.54. The van der Waals surface area contributed by atoms with Crippen molar-refractivity contribution in [2.75, 3.05) is 0 Å². The second-order valence-electron chi connectivity index (χ2n) is 2.50. The molecular formula is C9H7Cl3. The lowest BCUT2D eigenvalue weighted by Crippen LogP contribution is -1.81. The molecule has 0 nitrogen and oxygen atoms in total. The van der Waals surface area contributed by atoms with Crippen LogP contribution in [0.2, 0.25) is 15.1 Å². The van der Waals surface area contributed by atoms with Crippen molar-refractivity contribution >= 4 is 40.4 Å². The van der Waals surface area contributed by atoms with Gasteiger partial charge in [-0.15, -0.1) is 0 Å². The Balaban J connectivity index is 3.36. The van der Waals surface area contributed by atoms with Crippen molar-refractivity contribution in [3.8, 4) is 0 Å². The van der Waals surface area contributed by atoms with Crippen LogP contribution in [0, 0.1) is 0 Å². The van der Waals surface area contributed by atoms with E-state index in [1.807, 2.05) is 6.92 Å². The normalized spacial score (nSPS) is 10.0. The number of allylic oxidation sites excluding steroid dienone is 1. The van der Waals surface area contributed by atoms with Crippen molar-refractivity contribution in [2.24, 2.45) is 0 Å². The molecule has 0 heterocycles. The lowest BCUT2D eigenvalue weighted by molar-refractivity contribution is 1.58. The van der Waals surface area contributed by atoms with Gasteiger partial charge in [-0.1, -0.05) is 47.4 Å². The van der Waals surface area contributed by atoms with Gasteiger partial charge in [0.1, 0.15) is 0 Å². The maximum Gasteiger partial charge on any atom is 0.0784 e. The maximum absolute atomic E-state index is 5.92. The molecule has 0 amide bonds. The second-order valence-corrected chi connectivity index (χ2v) is 3.67. The van der Waals surface area contributed by atoms with E-state index in [1.165, 1.54) is 0 Å². The van der Waals surface area contributed by atoms with Crippen molar-refractivity contribution in [1.29, 1.82) is 0 Å². The number of rotatable bonds is 1. The van der Waals surface area contributed by atoms with Gasteiger partial charge in [0.05, 0.1) is 15.1 Å². The van der Waals surface area contributed by atoms with Crippen LogP contribution in [0.1, 0.15) is 12.5 Å². The van der Waals surface area contributed by atoms with Crippen LogP contribution in [0.15, 0.2) is 18.7 Å². The standard InChI is InChI=1S/C9H7Cl3/c1-5(2)6-3-4-7(10)9(12)8(6)11/h3-4H,1H2,2H3. The highest BCUT2D eigenvalue weighted by Crippen LogP contribution is 2.35. The van der Waals surface area contributed by atoms with Gasteiger partial charge < -0.3 is 0 Å². The predicted octanol–water partition coefficient (Wildman–Crippen LogP) is 4.68. The van der Waals surface area contributed by atoms with Gasteiger partial charge in [0.25, 0.3) is 0 Å². The van der Waals surface area contributed by atoms with E-state index in [1.54, 1.807) is 12.1 Å². The molecule has 3 heteroatoms. The van der Waals surface area contributed by atoms with E-state index in [0.717, 1.165) is 11.1 Å². The molecule has 0 bridgehead atoms. The van der Waals surface area contributed by atoms with Crippen LogP contribution in [0.5, 0.6) is 0 Å². The summed E-state index contributed by atoms with van der Waals surface area (Å²) in [5.41, 5.74) is 1.71. The fourth-order valence-corrected chi connectivity index (χ4v) is 1.55. The highest BCUT2D eigenvalue weighted by atomic mass is 35.5. The minimum atomic E-state index is 0.388. The molecule has 12 heavy (non-hydrogen) atoms. The second kappa shape index (κ2) is 3.69. The molecule has 0 atom stereocenters. The summed E-state index contributed by atoms with van der Waals surface area (Å²) >= 11 is 17.5.